The molecule has 1 unspecified atom stereocenters. The number of carboxylic acids is 1. The normalized spacial score (nSPS) is 12.1. The van der Waals surface area contributed by atoms with Crippen molar-refractivity contribution in [3.05, 3.63) is 54.1 Å². The molecule has 0 bridgehead atoms. The Morgan fingerprint density at radius 3 is 2.44 bits per heavy atom. The molecule has 6 nitrogen and oxygen atoms in total. The summed E-state index contributed by atoms with van der Waals surface area (Å²) in [5, 5.41) is 11.9. The molecule has 0 fully saturated rings. The van der Waals surface area contributed by atoms with Crippen molar-refractivity contribution < 1.29 is 24.2 Å². The number of aliphatic carboxylic acids is 1. The van der Waals surface area contributed by atoms with Crippen LogP contribution < -0.4 is 10.1 Å². The molecule has 0 aliphatic heterocycles. The summed E-state index contributed by atoms with van der Waals surface area (Å²) in [4.78, 5) is 23.5. The lowest BCUT2D eigenvalue weighted by Gasteiger charge is -2.22. The van der Waals surface area contributed by atoms with E-state index in [1.807, 2.05) is 48.5 Å². The van der Waals surface area contributed by atoms with Crippen LogP contribution >= 0.6 is 0 Å². The SMILES string of the molecule is COc1ccccc1-c1cccc(CC(NC(=O)OC(C)(C)C)C(=O)O)c1. The maximum absolute atomic E-state index is 11.9. The number of ether oxygens (including phenoxy) is 2. The first-order chi connectivity index (χ1) is 12.7. The summed E-state index contributed by atoms with van der Waals surface area (Å²) < 4.78 is 10.5. The number of carbonyl (C=O) groups excluding carboxylic acids is 1. The highest BCUT2D eigenvalue weighted by molar-refractivity contribution is 5.80. The number of hydrogen-bond acceptors (Lipinski definition) is 4. The number of benzene rings is 2. The number of amides is 1. The van der Waals surface area contributed by atoms with Gasteiger partial charge in [0.05, 0.1) is 7.11 Å². The van der Waals surface area contributed by atoms with Crippen molar-refractivity contribution in [2.45, 2.75) is 38.8 Å². The summed E-state index contributed by atoms with van der Waals surface area (Å²) in [7, 11) is 1.61. The fraction of sp³-hybridized carbons (Fsp3) is 0.333. The number of carbonyl (C=O) groups is 2. The molecule has 2 aromatic carbocycles. The number of para-hydroxylation sites is 1. The van der Waals surface area contributed by atoms with Gasteiger partial charge < -0.3 is 19.9 Å². The first-order valence-electron chi connectivity index (χ1n) is 8.64. The molecule has 2 N–H and O–H groups in total. The van der Waals surface area contributed by atoms with Gasteiger partial charge in [-0.15, -0.1) is 0 Å². The second kappa shape index (κ2) is 8.58. The topological polar surface area (TPSA) is 84.9 Å². The third kappa shape index (κ3) is 6.02. The number of alkyl carbamates (subject to hydrolysis) is 1. The molecule has 0 saturated heterocycles. The molecule has 0 radical (unpaired) electrons. The van der Waals surface area contributed by atoms with Crippen LogP contribution in [0.5, 0.6) is 5.75 Å². The quantitative estimate of drug-likeness (QED) is 0.805. The lowest BCUT2D eigenvalue weighted by atomic mass is 9.99. The maximum Gasteiger partial charge on any atom is 0.408 e. The predicted molar refractivity (Wildman–Crippen MR) is 103 cm³/mol. The number of nitrogens with one attached hydrogen (secondary N) is 1. The highest BCUT2D eigenvalue weighted by Crippen LogP contribution is 2.30. The highest BCUT2D eigenvalue weighted by Gasteiger charge is 2.24. The van der Waals surface area contributed by atoms with Crippen molar-refractivity contribution in [1.29, 1.82) is 0 Å². The molecule has 1 amide bonds. The van der Waals surface area contributed by atoms with E-state index >= 15 is 0 Å². The van der Waals surface area contributed by atoms with E-state index in [2.05, 4.69) is 5.32 Å². The number of rotatable bonds is 6. The summed E-state index contributed by atoms with van der Waals surface area (Å²) in [6.45, 7) is 5.16. The fourth-order valence-corrected chi connectivity index (χ4v) is 2.63. The zero-order chi connectivity index (χ0) is 20.0. The van der Waals surface area contributed by atoms with Gasteiger partial charge in [0.15, 0.2) is 0 Å². The third-order valence-electron chi connectivity index (χ3n) is 3.77. The van der Waals surface area contributed by atoms with E-state index in [0.29, 0.717) is 0 Å². The lowest BCUT2D eigenvalue weighted by molar-refractivity contribution is -0.139. The second-order valence-corrected chi connectivity index (χ2v) is 7.14. The molecule has 0 aromatic heterocycles. The van der Waals surface area contributed by atoms with E-state index in [1.165, 1.54) is 0 Å². The minimum Gasteiger partial charge on any atom is -0.496 e. The maximum atomic E-state index is 11.9. The van der Waals surface area contributed by atoms with Crippen molar-refractivity contribution in [2.75, 3.05) is 7.11 Å². The van der Waals surface area contributed by atoms with Crippen LogP contribution in [-0.2, 0) is 16.0 Å². The molecule has 0 spiro atoms. The van der Waals surface area contributed by atoms with Crippen LogP contribution in [0.3, 0.4) is 0 Å². The molecule has 6 heteroatoms. The zero-order valence-corrected chi connectivity index (χ0v) is 16.0. The molecule has 0 aliphatic rings. The van der Waals surface area contributed by atoms with Crippen LogP contribution in [0.2, 0.25) is 0 Å². The van der Waals surface area contributed by atoms with Gasteiger partial charge in [-0.2, -0.15) is 0 Å². The van der Waals surface area contributed by atoms with E-state index < -0.39 is 23.7 Å². The van der Waals surface area contributed by atoms with E-state index in [1.54, 1.807) is 27.9 Å². The van der Waals surface area contributed by atoms with Crippen molar-refractivity contribution in [1.82, 2.24) is 5.32 Å². The van der Waals surface area contributed by atoms with Gasteiger partial charge in [-0.1, -0.05) is 42.5 Å². The van der Waals surface area contributed by atoms with Crippen LogP contribution in [0.15, 0.2) is 48.5 Å². The van der Waals surface area contributed by atoms with Crippen LogP contribution in [0.25, 0.3) is 11.1 Å². The van der Waals surface area contributed by atoms with Crippen molar-refractivity contribution in [2.24, 2.45) is 0 Å². The van der Waals surface area contributed by atoms with Crippen molar-refractivity contribution in [3.8, 4) is 16.9 Å². The average molecular weight is 371 g/mol. The van der Waals surface area contributed by atoms with Crippen LogP contribution in [0.1, 0.15) is 26.3 Å². The average Bonchev–Trinajstić information content (AvgIpc) is 2.59. The van der Waals surface area contributed by atoms with Crippen molar-refractivity contribution >= 4 is 12.1 Å². The van der Waals surface area contributed by atoms with Gasteiger partial charge in [-0.3, -0.25) is 0 Å². The first-order valence-corrected chi connectivity index (χ1v) is 8.64. The Morgan fingerprint density at radius 2 is 1.81 bits per heavy atom. The molecule has 2 aromatic rings. The third-order valence-corrected chi connectivity index (χ3v) is 3.77. The molecule has 0 aliphatic carbocycles. The Balaban J connectivity index is 2.19. The highest BCUT2D eigenvalue weighted by atomic mass is 16.6. The summed E-state index contributed by atoms with van der Waals surface area (Å²) in [6, 6.07) is 14.0. The minimum absolute atomic E-state index is 0.136. The molecule has 2 rings (SSSR count). The fourth-order valence-electron chi connectivity index (χ4n) is 2.63. The minimum atomic E-state index is -1.12. The van der Waals surface area contributed by atoms with Crippen LogP contribution in [0.4, 0.5) is 4.79 Å². The van der Waals surface area contributed by atoms with Gasteiger partial charge in [-0.05, 0) is 38.0 Å². The van der Waals surface area contributed by atoms with E-state index in [9.17, 15) is 14.7 Å². The van der Waals surface area contributed by atoms with Crippen LogP contribution in [-0.4, -0.2) is 35.9 Å². The Morgan fingerprint density at radius 1 is 1.11 bits per heavy atom. The predicted octanol–water partition coefficient (Wildman–Crippen LogP) is 3.88. The summed E-state index contributed by atoms with van der Waals surface area (Å²) in [5.74, 6) is -0.389. The number of methoxy groups -OCH3 is 1. The molecule has 144 valence electrons. The monoisotopic (exact) mass is 371 g/mol. The Kier molecular flexibility index (Phi) is 6.45. The zero-order valence-electron chi connectivity index (χ0n) is 16.0. The summed E-state index contributed by atoms with van der Waals surface area (Å²) in [6.07, 6.45) is -0.617. The molecular weight excluding hydrogens is 346 g/mol. The molecule has 27 heavy (non-hydrogen) atoms. The Bertz CT molecular complexity index is 810. The van der Waals surface area contributed by atoms with E-state index in [4.69, 9.17) is 9.47 Å². The molecule has 0 heterocycles. The smallest absolute Gasteiger partial charge is 0.408 e. The van der Waals surface area contributed by atoms with E-state index in [0.717, 1.165) is 22.4 Å². The Hall–Kier alpha value is -3.02. The molecular formula is C21H25NO5. The van der Waals surface area contributed by atoms with E-state index in [-0.39, 0.29) is 6.42 Å². The second-order valence-electron chi connectivity index (χ2n) is 7.14. The van der Waals surface area contributed by atoms with Crippen LogP contribution in [0, 0.1) is 0 Å². The number of hydrogen-bond donors (Lipinski definition) is 2. The largest absolute Gasteiger partial charge is 0.496 e. The van der Waals surface area contributed by atoms with Gasteiger partial charge in [0.2, 0.25) is 0 Å². The molecule has 1 atom stereocenters. The van der Waals surface area contributed by atoms with Crippen molar-refractivity contribution in [3.63, 3.8) is 0 Å². The Labute approximate surface area is 159 Å². The van der Waals surface area contributed by atoms with Gasteiger partial charge in [0, 0.05) is 12.0 Å². The summed E-state index contributed by atoms with van der Waals surface area (Å²) in [5.41, 5.74) is 1.90. The number of carboxylic acid groups (broad SMARTS) is 1. The summed E-state index contributed by atoms with van der Waals surface area (Å²) >= 11 is 0. The van der Waals surface area contributed by atoms with Gasteiger partial charge in [0.1, 0.15) is 17.4 Å². The first kappa shape index (κ1) is 20.3. The van der Waals surface area contributed by atoms with Gasteiger partial charge in [0.25, 0.3) is 0 Å². The standard InChI is InChI=1S/C21H25NO5/c1-21(2,3)27-20(25)22-17(19(23)24)13-14-8-7-9-15(12-14)16-10-5-6-11-18(16)26-4/h5-12,17H,13H2,1-4H3,(H,22,25)(H,23,24). The van der Waals surface area contributed by atoms with Gasteiger partial charge >= 0.3 is 12.1 Å². The van der Waals surface area contributed by atoms with Gasteiger partial charge in [-0.25, -0.2) is 9.59 Å². The lowest BCUT2D eigenvalue weighted by Crippen LogP contribution is -2.44. The molecule has 0 saturated carbocycles.